The molecule has 1 saturated carbocycles. The second-order valence-corrected chi connectivity index (χ2v) is 6.44. The molecule has 1 aromatic carbocycles. The van der Waals surface area contributed by atoms with Crippen molar-refractivity contribution in [3.05, 3.63) is 35.1 Å². The van der Waals surface area contributed by atoms with Crippen molar-refractivity contribution in [1.29, 1.82) is 0 Å². The first-order valence-electron chi connectivity index (χ1n) is 7.73. The summed E-state index contributed by atoms with van der Waals surface area (Å²) >= 11 is 0. The molecular formula is C17H27FN2. The summed E-state index contributed by atoms with van der Waals surface area (Å²) in [6.07, 6.45) is 3.63. The highest BCUT2D eigenvalue weighted by Crippen LogP contribution is 2.30. The second kappa shape index (κ2) is 6.68. The Morgan fingerprint density at radius 2 is 2.05 bits per heavy atom. The Bertz CT molecular complexity index is 441. The number of aryl methyl sites for hydroxylation is 1. The molecular weight excluding hydrogens is 251 g/mol. The Balaban J connectivity index is 1.88. The average molecular weight is 278 g/mol. The molecule has 0 saturated heterocycles. The summed E-state index contributed by atoms with van der Waals surface area (Å²) < 4.78 is 13.6. The van der Waals surface area contributed by atoms with Gasteiger partial charge < -0.3 is 10.6 Å². The van der Waals surface area contributed by atoms with Crippen LogP contribution in [0.15, 0.2) is 18.2 Å². The van der Waals surface area contributed by atoms with Crippen molar-refractivity contribution in [2.24, 2.45) is 11.7 Å². The van der Waals surface area contributed by atoms with Gasteiger partial charge in [0, 0.05) is 25.2 Å². The van der Waals surface area contributed by atoms with Crippen LogP contribution in [-0.2, 0) is 0 Å². The number of nitrogens with zero attached hydrogens (tertiary/aromatic N) is 1. The summed E-state index contributed by atoms with van der Waals surface area (Å²) in [4.78, 5) is 2.50. The Kier molecular flexibility index (Phi) is 5.17. The summed E-state index contributed by atoms with van der Waals surface area (Å²) in [5.41, 5.74) is 7.80. The van der Waals surface area contributed by atoms with Crippen LogP contribution in [-0.4, -0.2) is 24.0 Å². The van der Waals surface area contributed by atoms with E-state index in [-0.39, 0.29) is 11.9 Å². The highest BCUT2D eigenvalue weighted by molar-refractivity contribution is 5.25. The number of benzene rings is 1. The molecule has 3 heteroatoms. The molecule has 0 bridgehead atoms. The van der Waals surface area contributed by atoms with Crippen LogP contribution in [0.1, 0.15) is 50.3 Å². The first kappa shape index (κ1) is 15.5. The van der Waals surface area contributed by atoms with Gasteiger partial charge in [0.15, 0.2) is 0 Å². The molecule has 0 amide bonds. The molecule has 1 atom stereocenters. The van der Waals surface area contributed by atoms with Gasteiger partial charge >= 0.3 is 0 Å². The molecule has 0 heterocycles. The number of hydrogen-bond donors (Lipinski definition) is 1. The first-order chi connectivity index (χ1) is 9.47. The molecule has 112 valence electrons. The van der Waals surface area contributed by atoms with Crippen LogP contribution in [0.2, 0.25) is 0 Å². The molecule has 1 fully saturated rings. The van der Waals surface area contributed by atoms with Gasteiger partial charge in [0.1, 0.15) is 5.82 Å². The highest BCUT2D eigenvalue weighted by Gasteiger charge is 2.25. The van der Waals surface area contributed by atoms with Gasteiger partial charge in [-0.05, 0) is 63.1 Å². The zero-order valence-electron chi connectivity index (χ0n) is 12.9. The minimum Gasteiger partial charge on any atom is -0.324 e. The third-order valence-corrected chi connectivity index (χ3v) is 4.27. The molecule has 0 radical (unpaired) electrons. The fraction of sp³-hybridized carbons (Fsp3) is 0.647. The smallest absolute Gasteiger partial charge is 0.126 e. The number of hydrogen-bond acceptors (Lipinski definition) is 2. The molecule has 1 aromatic rings. The number of nitrogens with two attached hydrogens (primary N) is 1. The molecule has 2 nitrogen and oxygen atoms in total. The second-order valence-electron chi connectivity index (χ2n) is 6.44. The van der Waals surface area contributed by atoms with Gasteiger partial charge in [-0.2, -0.15) is 0 Å². The minimum absolute atomic E-state index is 0.0782. The van der Waals surface area contributed by atoms with E-state index in [1.165, 1.54) is 19.4 Å². The standard InChI is InChI=1S/C17H27FN2/c1-12(2)20(11-14-5-6-14)9-8-17(19)15-7-4-13(3)16(18)10-15/h4,7,10,12,14,17H,5-6,8-9,11,19H2,1-3H3. The molecule has 2 N–H and O–H groups in total. The van der Waals surface area contributed by atoms with Gasteiger partial charge in [0.2, 0.25) is 0 Å². The molecule has 0 aliphatic heterocycles. The maximum absolute atomic E-state index is 13.6. The lowest BCUT2D eigenvalue weighted by atomic mass is 10.0. The van der Waals surface area contributed by atoms with Gasteiger partial charge in [-0.1, -0.05) is 12.1 Å². The summed E-state index contributed by atoms with van der Waals surface area (Å²) in [7, 11) is 0. The van der Waals surface area contributed by atoms with Crippen LogP contribution in [0.4, 0.5) is 4.39 Å². The third kappa shape index (κ3) is 4.29. The van der Waals surface area contributed by atoms with Crippen molar-refractivity contribution in [2.45, 2.75) is 52.1 Å². The molecule has 0 spiro atoms. The van der Waals surface area contributed by atoms with Crippen molar-refractivity contribution in [2.75, 3.05) is 13.1 Å². The molecule has 1 aliphatic carbocycles. The normalized spacial score (nSPS) is 16.9. The third-order valence-electron chi connectivity index (χ3n) is 4.27. The number of halogens is 1. The maximum atomic E-state index is 13.6. The van der Waals surface area contributed by atoms with E-state index in [9.17, 15) is 4.39 Å². The topological polar surface area (TPSA) is 29.3 Å². The monoisotopic (exact) mass is 278 g/mol. The van der Waals surface area contributed by atoms with Crippen molar-refractivity contribution in [1.82, 2.24) is 4.90 Å². The Morgan fingerprint density at radius 3 is 2.60 bits per heavy atom. The fourth-order valence-electron chi connectivity index (χ4n) is 2.50. The molecule has 2 rings (SSSR count). The van der Waals surface area contributed by atoms with Gasteiger partial charge in [0.25, 0.3) is 0 Å². The molecule has 1 aliphatic rings. The Hall–Kier alpha value is -0.930. The predicted octanol–water partition coefficient (Wildman–Crippen LogP) is 3.64. The zero-order chi connectivity index (χ0) is 14.7. The lowest BCUT2D eigenvalue weighted by Gasteiger charge is -2.27. The van der Waals surface area contributed by atoms with Crippen molar-refractivity contribution in [3.8, 4) is 0 Å². The quantitative estimate of drug-likeness (QED) is 0.825. The summed E-state index contributed by atoms with van der Waals surface area (Å²) in [6.45, 7) is 8.43. The van der Waals surface area contributed by atoms with E-state index in [4.69, 9.17) is 5.73 Å². The molecule has 0 aromatic heterocycles. The summed E-state index contributed by atoms with van der Waals surface area (Å²) in [5, 5.41) is 0. The Morgan fingerprint density at radius 1 is 1.35 bits per heavy atom. The van der Waals surface area contributed by atoms with Gasteiger partial charge in [-0.3, -0.25) is 0 Å². The van der Waals surface area contributed by atoms with Gasteiger partial charge in [-0.15, -0.1) is 0 Å². The fourth-order valence-corrected chi connectivity index (χ4v) is 2.50. The maximum Gasteiger partial charge on any atom is 0.126 e. The summed E-state index contributed by atoms with van der Waals surface area (Å²) in [6, 6.07) is 5.82. The minimum atomic E-state index is -0.156. The van der Waals surface area contributed by atoms with Crippen molar-refractivity contribution >= 4 is 0 Å². The molecule has 20 heavy (non-hydrogen) atoms. The van der Waals surface area contributed by atoms with Crippen molar-refractivity contribution < 1.29 is 4.39 Å². The van der Waals surface area contributed by atoms with E-state index in [0.29, 0.717) is 11.6 Å². The van der Waals surface area contributed by atoms with Gasteiger partial charge in [-0.25, -0.2) is 4.39 Å². The average Bonchev–Trinajstić information content (AvgIpc) is 3.21. The van der Waals surface area contributed by atoms with E-state index in [2.05, 4.69) is 18.7 Å². The Labute approximate surface area is 122 Å². The van der Waals surface area contributed by atoms with E-state index in [1.54, 1.807) is 13.0 Å². The summed E-state index contributed by atoms with van der Waals surface area (Å²) in [5.74, 6) is 0.738. The lowest BCUT2D eigenvalue weighted by molar-refractivity contribution is 0.205. The van der Waals surface area contributed by atoms with Crippen LogP contribution in [0.3, 0.4) is 0 Å². The largest absolute Gasteiger partial charge is 0.324 e. The SMILES string of the molecule is Cc1ccc(C(N)CCN(CC2CC2)C(C)C)cc1F. The van der Waals surface area contributed by atoms with E-state index >= 15 is 0 Å². The van der Waals surface area contributed by atoms with E-state index in [0.717, 1.165) is 24.4 Å². The lowest BCUT2D eigenvalue weighted by Crippen LogP contribution is -2.35. The molecule has 1 unspecified atom stereocenters. The zero-order valence-corrected chi connectivity index (χ0v) is 12.9. The predicted molar refractivity (Wildman–Crippen MR) is 82.1 cm³/mol. The van der Waals surface area contributed by atoms with Crippen molar-refractivity contribution in [3.63, 3.8) is 0 Å². The van der Waals surface area contributed by atoms with Gasteiger partial charge in [0.05, 0.1) is 0 Å². The highest BCUT2D eigenvalue weighted by atomic mass is 19.1. The van der Waals surface area contributed by atoms with Crippen LogP contribution in [0, 0.1) is 18.7 Å². The first-order valence-corrected chi connectivity index (χ1v) is 7.73. The van der Waals surface area contributed by atoms with Crippen LogP contribution >= 0.6 is 0 Å². The van der Waals surface area contributed by atoms with E-state index < -0.39 is 0 Å². The van der Waals surface area contributed by atoms with Crippen LogP contribution < -0.4 is 5.73 Å². The van der Waals surface area contributed by atoms with E-state index in [1.807, 2.05) is 12.1 Å². The van der Waals surface area contributed by atoms with Crippen LogP contribution in [0.5, 0.6) is 0 Å². The number of rotatable bonds is 7. The van der Waals surface area contributed by atoms with Crippen LogP contribution in [0.25, 0.3) is 0 Å².